The fourth-order valence-electron chi connectivity index (χ4n) is 2.67. The summed E-state index contributed by atoms with van der Waals surface area (Å²) in [5.41, 5.74) is 2.22. The van der Waals surface area contributed by atoms with E-state index >= 15 is 0 Å². The number of amides is 1. The molecule has 0 bridgehead atoms. The van der Waals surface area contributed by atoms with E-state index in [0.717, 1.165) is 29.3 Å². The molecule has 1 N–H and O–H groups in total. The van der Waals surface area contributed by atoms with Crippen LogP contribution in [0.2, 0.25) is 0 Å². The number of carbonyl (C=O) groups excluding carboxylic acids is 1. The Kier molecular flexibility index (Phi) is 4.27. The molecule has 0 saturated heterocycles. The summed E-state index contributed by atoms with van der Waals surface area (Å²) in [6.07, 6.45) is 6.15. The molecule has 0 radical (unpaired) electrons. The van der Waals surface area contributed by atoms with Gasteiger partial charge < -0.3 is 5.32 Å². The first kappa shape index (κ1) is 15.2. The standard InChI is InChI=1S/C16H14BrN3OS/c1-9-2-3-12-13(6-18)16(22-14(12)4-9)20-15(21)10-5-11(17)8-19-7-10/h5,7-9H,2-4H2,1H3,(H,20,21)/t9-/m1/s1. The Bertz CT molecular complexity index is 778. The lowest BCUT2D eigenvalue weighted by atomic mass is 9.88. The molecular weight excluding hydrogens is 362 g/mol. The lowest BCUT2D eigenvalue weighted by Gasteiger charge is -2.17. The number of hydrogen-bond acceptors (Lipinski definition) is 4. The van der Waals surface area contributed by atoms with Crippen molar-refractivity contribution in [3.8, 4) is 6.07 Å². The first-order chi connectivity index (χ1) is 10.6. The van der Waals surface area contributed by atoms with E-state index in [1.54, 1.807) is 12.3 Å². The van der Waals surface area contributed by atoms with Crippen LogP contribution in [0.1, 0.15) is 39.7 Å². The van der Waals surface area contributed by atoms with Crippen LogP contribution in [0.5, 0.6) is 0 Å². The van der Waals surface area contributed by atoms with Crippen LogP contribution in [0.4, 0.5) is 5.00 Å². The molecule has 0 unspecified atom stereocenters. The average molecular weight is 376 g/mol. The zero-order chi connectivity index (χ0) is 15.7. The van der Waals surface area contributed by atoms with Gasteiger partial charge in [-0.1, -0.05) is 6.92 Å². The third-order valence-corrected chi connectivity index (χ3v) is 5.42. The SMILES string of the molecule is C[C@@H]1CCc2c(sc(NC(=O)c3cncc(Br)c3)c2C#N)C1. The number of carbonyl (C=O) groups is 1. The van der Waals surface area contributed by atoms with Crippen molar-refractivity contribution in [3.05, 3.63) is 44.5 Å². The average Bonchev–Trinajstić information content (AvgIpc) is 2.83. The largest absolute Gasteiger partial charge is 0.312 e. The van der Waals surface area contributed by atoms with Crippen molar-refractivity contribution in [2.24, 2.45) is 5.92 Å². The van der Waals surface area contributed by atoms with E-state index < -0.39 is 0 Å². The number of pyridine rings is 1. The number of thiophene rings is 1. The minimum absolute atomic E-state index is 0.239. The van der Waals surface area contributed by atoms with E-state index in [9.17, 15) is 10.1 Å². The molecule has 2 aromatic rings. The number of anilines is 1. The minimum atomic E-state index is -0.239. The molecule has 0 aliphatic heterocycles. The molecule has 1 aliphatic carbocycles. The van der Waals surface area contributed by atoms with Gasteiger partial charge in [0.25, 0.3) is 5.91 Å². The number of nitrogens with one attached hydrogen (secondary N) is 1. The summed E-state index contributed by atoms with van der Waals surface area (Å²) in [4.78, 5) is 17.6. The third kappa shape index (κ3) is 2.92. The van der Waals surface area contributed by atoms with Crippen LogP contribution in [-0.2, 0) is 12.8 Å². The maximum atomic E-state index is 12.3. The van der Waals surface area contributed by atoms with Gasteiger partial charge in [-0.15, -0.1) is 11.3 Å². The summed E-state index contributed by atoms with van der Waals surface area (Å²) in [5, 5.41) is 13.0. The molecule has 0 fully saturated rings. The fraction of sp³-hybridized carbons (Fsp3) is 0.312. The number of nitrogens with zero attached hydrogens (tertiary/aromatic N) is 2. The van der Waals surface area contributed by atoms with Gasteiger partial charge in [-0.25, -0.2) is 0 Å². The van der Waals surface area contributed by atoms with Gasteiger partial charge in [0.05, 0.1) is 11.1 Å². The Morgan fingerprint density at radius 3 is 3.09 bits per heavy atom. The van der Waals surface area contributed by atoms with E-state index in [2.05, 4.69) is 39.2 Å². The van der Waals surface area contributed by atoms with E-state index in [-0.39, 0.29) is 5.91 Å². The molecule has 112 valence electrons. The molecule has 22 heavy (non-hydrogen) atoms. The number of halogens is 1. The van der Waals surface area contributed by atoms with Crippen LogP contribution < -0.4 is 5.32 Å². The second-order valence-electron chi connectivity index (χ2n) is 5.51. The smallest absolute Gasteiger partial charge is 0.257 e. The zero-order valence-electron chi connectivity index (χ0n) is 12.0. The molecule has 0 aromatic carbocycles. The second-order valence-corrected chi connectivity index (χ2v) is 7.53. The maximum Gasteiger partial charge on any atom is 0.257 e. The Morgan fingerprint density at radius 1 is 1.55 bits per heavy atom. The Hall–Kier alpha value is -1.71. The lowest BCUT2D eigenvalue weighted by molar-refractivity contribution is 0.102. The van der Waals surface area contributed by atoms with E-state index in [4.69, 9.17) is 0 Å². The highest BCUT2D eigenvalue weighted by Gasteiger charge is 2.24. The fourth-order valence-corrected chi connectivity index (χ4v) is 4.39. The first-order valence-corrected chi connectivity index (χ1v) is 8.66. The topological polar surface area (TPSA) is 65.8 Å². The van der Waals surface area contributed by atoms with Gasteiger partial charge in [-0.3, -0.25) is 9.78 Å². The number of hydrogen-bond donors (Lipinski definition) is 1. The Balaban J connectivity index is 1.90. The number of nitriles is 1. The van der Waals surface area contributed by atoms with Gasteiger partial charge in [0.2, 0.25) is 0 Å². The number of aromatic nitrogens is 1. The zero-order valence-corrected chi connectivity index (χ0v) is 14.4. The van der Waals surface area contributed by atoms with Gasteiger partial charge >= 0.3 is 0 Å². The predicted molar refractivity (Wildman–Crippen MR) is 90.1 cm³/mol. The van der Waals surface area contributed by atoms with Crippen molar-refractivity contribution in [3.63, 3.8) is 0 Å². The summed E-state index contributed by atoms with van der Waals surface area (Å²) in [5.74, 6) is 0.396. The van der Waals surface area contributed by atoms with Crippen LogP contribution in [-0.4, -0.2) is 10.9 Å². The number of rotatable bonds is 2. The van der Waals surface area contributed by atoms with Crippen molar-refractivity contribution >= 4 is 38.2 Å². The molecular formula is C16H14BrN3OS. The summed E-state index contributed by atoms with van der Waals surface area (Å²) in [7, 11) is 0. The molecule has 6 heteroatoms. The van der Waals surface area contributed by atoms with Crippen LogP contribution in [0.15, 0.2) is 22.9 Å². The molecule has 3 rings (SSSR count). The third-order valence-electron chi connectivity index (χ3n) is 3.82. The van der Waals surface area contributed by atoms with Gasteiger partial charge in [-0.05, 0) is 52.7 Å². The van der Waals surface area contributed by atoms with Gasteiger partial charge in [0.15, 0.2) is 0 Å². The van der Waals surface area contributed by atoms with Crippen LogP contribution in [0.25, 0.3) is 0 Å². The Labute approximate surface area is 141 Å². The van der Waals surface area contributed by atoms with Gasteiger partial charge in [0.1, 0.15) is 11.1 Å². The second kappa shape index (κ2) is 6.19. The maximum absolute atomic E-state index is 12.3. The molecule has 1 amide bonds. The monoisotopic (exact) mass is 375 g/mol. The van der Waals surface area contributed by atoms with Gasteiger partial charge in [-0.2, -0.15) is 5.26 Å². The number of fused-ring (bicyclic) bond motifs is 1. The summed E-state index contributed by atoms with van der Waals surface area (Å²) in [6, 6.07) is 3.97. The van der Waals surface area contributed by atoms with Crippen LogP contribution in [0.3, 0.4) is 0 Å². The normalized spacial score (nSPS) is 16.7. The summed E-state index contributed by atoms with van der Waals surface area (Å²) >= 11 is 4.84. The lowest BCUT2D eigenvalue weighted by Crippen LogP contribution is -2.12. The molecule has 2 heterocycles. The van der Waals surface area contributed by atoms with Crippen molar-refractivity contribution < 1.29 is 4.79 Å². The molecule has 4 nitrogen and oxygen atoms in total. The minimum Gasteiger partial charge on any atom is -0.312 e. The highest BCUT2D eigenvalue weighted by Crippen LogP contribution is 2.39. The first-order valence-electron chi connectivity index (χ1n) is 7.05. The molecule has 1 aliphatic rings. The predicted octanol–water partition coefficient (Wildman–Crippen LogP) is 4.15. The quantitative estimate of drug-likeness (QED) is 0.856. The summed E-state index contributed by atoms with van der Waals surface area (Å²) < 4.78 is 0.750. The van der Waals surface area contributed by atoms with Crippen molar-refractivity contribution in [1.29, 1.82) is 5.26 Å². The van der Waals surface area contributed by atoms with Crippen LogP contribution in [0, 0.1) is 17.2 Å². The Morgan fingerprint density at radius 2 is 2.36 bits per heavy atom. The molecule has 2 aromatic heterocycles. The van der Waals surface area contributed by atoms with Gasteiger partial charge in [0, 0.05) is 21.7 Å². The van der Waals surface area contributed by atoms with Crippen molar-refractivity contribution in [2.45, 2.75) is 26.2 Å². The van der Waals surface area contributed by atoms with E-state index in [1.807, 2.05) is 0 Å². The summed E-state index contributed by atoms with van der Waals surface area (Å²) in [6.45, 7) is 2.22. The van der Waals surface area contributed by atoms with E-state index in [1.165, 1.54) is 22.4 Å². The van der Waals surface area contributed by atoms with Crippen LogP contribution >= 0.6 is 27.3 Å². The highest BCUT2D eigenvalue weighted by molar-refractivity contribution is 9.10. The molecule has 1 atom stereocenters. The van der Waals surface area contributed by atoms with Crippen molar-refractivity contribution in [1.82, 2.24) is 4.98 Å². The van der Waals surface area contributed by atoms with Crippen molar-refractivity contribution in [2.75, 3.05) is 5.32 Å². The highest BCUT2D eigenvalue weighted by atomic mass is 79.9. The van der Waals surface area contributed by atoms with E-state index in [0.29, 0.717) is 22.0 Å². The molecule has 0 saturated carbocycles. The molecule has 0 spiro atoms.